The van der Waals surface area contributed by atoms with Crippen molar-refractivity contribution in [1.82, 2.24) is 10.3 Å². The third-order valence-electron chi connectivity index (χ3n) is 5.28. The van der Waals surface area contributed by atoms with E-state index in [1.165, 1.54) is 12.1 Å². The average molecular weight is 384 g/mol. The van der Waals surface area contributed by atoms with E-state index < -0.39 is 6.04 Å². The number of halogens is 1. The van der Waals surface area contributed by atoms with Crippen LogP contribution in [0.2, 0.25) is 0 Å². The van der Waals surface area contributed by atoms with Crippen molar-refractivity contribution in [2.24, 2.45) is 17.6 Å². The molecule has 28 heavy (non-hydrogen) atoms. The fourth-order valence-electron chi connectivity index (χ4n) is 3.54. The Kier molecular flexibility index (Phi) is 6.71. The van der Waals surface area contributed by atoms with Gasteiger partial charge in [-0.3, -0.25) is 14.6 Å². The number of carbonyl (C=O) groups is 2. The molecule has 1 aliphatic rings. The molecular weight excluding hydrogens is 359 g/mol. The molecule has 2 amide bonds. The number of anilines is 1. The largest absolute Gasteiger partial charge is 0.351 e. The second kappa shape index (κ2) is 9.41. The van der Waals surface area contributed by atoms with Gasteiger partial charge in [0.15, 0.2) is 0 Å². The maximum absolute atomic E-state index is 12.9. The van der Waals surface area contributed by atoms with Crippen molar-refractivity contribution in [3.63, 3.8) is 0 Å². The molecule has 0 spiro atoms. The first-order valence-corrected chi connectivity index (χ1v) is 9.51. The molecule has 148 valence electrons. The number of nitrogens with one attached hydrogen (secondary N) is 2. The maximum atomic E-state index is 12.9. The third-order valence-corrected chi connectivity index (χ3v) is 5.28. The lowest BCUT2D eigenvalue weighted by atomic mass is 9.78. The van der Waals surface area contributed by atoms with Gasteiger partial charge in [0.25, 0.3) is 0 Å². The van der Waals surface area contributed by atoms with Gasteiger partial charge in [-0.1, -0.05) is 12.1 Å². The molecule has 0 saturated heterocycles. The lowest BCUT2D eigenvalue weighted by Gasteiger charge is -2.31. The minimum absolute atomic E-state index is 0.000942. The van der Waals surface area contributed by atoms with Crippen LogP contribution in [0.5, 0.6) is 0 Å². The highest BCUT2D eigenvalue weighted by atomic mass is 19.1. The Morgan fingerprint density at radius 1 is 1.07 bits per heavy atom. The van der Waals surface area contributed by atoms with Gasteiger partial charge in [0.2, 0.25) is 11.8 Å². The molecule has 1 fully saturated rings. The Bertz CT molecular complexity index is 790. The molecule has 1 saturated carbocycles. The van der Waals surface area contributed by atoms with Crippen molar-refractivity contribution in [1.29, 1.82) is 0 Å². The summed E-state index contributed by atoms with van der Waals surface area (Å²) in [6.07, 6.45) is 6.16. The highest BCUT2D eigenvalue weighted by molar-refractivity contribution is 5.92. The van der Waals surface area contributed by atoms with Crippen LogP contribution in [0.25, 0.3) is 0 Å². The molecule has 1 aromatic heterocycles. The Morgan fingerprint density at radius 3 is 2.36 bits per heavy atom. The van der Waals surface area contributed by atoms with Crippen molar-refractivity contribution in [2.75, 3.05) is 5.32 Å². The van der Waals surface area contributed by atoms with Gasteiger partial charge < -0.3 is 16.4 Å². The molecule has 1 heterocycles. The normalized spacial score (nSPS) is 20.2. The maximum Gasteiger partial charge on any atom is 0.237 e. The van der Waals surface area contributed by atoms with Gasteiger partial charge >= 0.3 is 0 Å². The van der Waals surface area contributed by atoms with Gasteiger partial charge in [-0.2, -0.15) is 0 Å². The molecule has 1 unspecified atom stereocenters. The van der Waals surface area contributed by atoms with E-state index >= 15 is 0 Å². The number of amides is 2. The van der Waals surface area contributed by atoms with Crippen LogP contribution in [0.1, 0.15) is 31.2 Å². The number of aromatic nitrogens is 1. The summed E-state index contributed by atoms with van der Waals surface area (Å²) in [6.45, 7) is 0.316. The Hall–Kier alpha value is -2.80. The van der Waals surface area contributed by atoms with Crippen molar-refractivity contribution in [3.05, 3.63) is 60.2 Å². The van der Waals surface area contributed by atoms with E-state index in [4.69, 9.17) is 5.73 Å². The molecule has 1 atom stereocenters. The number of benzene rings is 1. The minimum Gasteiger partial charge on any atom is -0.351 e. The minimum atomic E-state index is -0.607. The molecule has 0 bridgehead atoms. The molecule has 4 N–H and O–H groups in total. The Labute approximate surface area is 163 Å². The zero-order valence-electron chi connectivity index (χ0n) is 15.6. The first-order chi connectivity index (χ1) is 13.5. The first kappa shape index (κ1) is 19.9. The number of hydrogen-bond donors (Lipinski definition) is 3. The quantitative estimate of drug-likeness (QED) is 0.713. The molecule has 7 heteroatoms. The summed E-state index contributed by atoms with van der Waals surface area (Å²) in [5.74, 6) is -0.540. The van der Waals surface area contributed by atoms with Crippen LogP contribution in [0.4, 0.5) is 10.1 Å². The molecule has 6 nitrogen and oxygen atoms in total. The topological polar surface area (TPSA) is 97.1 Å². The lowest BCUT2D eigenvalue weighted by Crippen LogP contribution is -2.46. The van der Waals surface area contributed by atoms with Gasteiger partial charge in [0.05, 0.1) is 6.04 Å². The van der Waals surface area contributed by atoms with Crippen LogP contribution in [0.15, 0.2) is 48.8 Å². The van der Waals surface area contributed by atoms with Crippen LogP contribution in [-0.2, 0) is 16.1 Å². The number of nitrogens with two attached hydrogens (primary N) is 1. The second-order valence-electron chi connectivity index (χ2n) is 7.21. The van der Waals surface area contributed by atoms with Crippen molar-refractivity contribution >= 4 is 17.5 Å². The fraction of sp³-hybridized carbons (Fsp3) is 0.381. The number of pyridine rings is 1. The molecule has 3 rings (SSSR count). The summed E-state index contributed by atoms with van der Waals surface area (Å²) in [6, 6.07) is 8.89. The first-order valence-electron chi connectivity index (χ1n) is 9.51. The van der Waals surface area contributed by atoms with Crippen molar-refractivity contribution in [2.45, 2.75) is 38.3 Å². The second-order valence-corrected chi connectivity index (χ2v) is 7.21. The van der Waals surface area contributed by atoms with Gasteiger partial charge in [-0.25, -0.2) is 4.39 Å². The van der Waals surface area contributed by atoms with E-state index in [1.54, 1.807) is 36.7 Å². The molecule has 2 aromatic rings. The van der Waals surface area contributed by atoms with Gasteiger partial charge in [0.1, 0.15) is 5.82 Å². The number of nitrogens with zero attached hydrogens (tertiary/aromatic N) is 1. The predicted octanol–water partition coefficient (Wildman–Crippen LogP) is 2.61. The number of carbonyl (C=O) groups excluding carboxylic acids is 2. The van der Waals surface area contributed by atoms with E-state index in [2.05, 4.69) is 15.6 Å². The summed E-state index contributed by atoms with van der Waals surface area (Å²) >= 11 is 0. The number of hydrogen-bond acceptors (Lipinski definition) is 4. The molecule has 0 aliphatic heterocycles. The molecule has 1 aromatic carbocycles. The van der Waals surface area contributed by atoms with Gasteiger partial charge in [-0.05, 0) is 61.4 Å². The van der Waals surface area contributed by atoms with E-state index in [9.17, 15) is 14.0 Å². The summed E-state index contributed by atoms with van der Waals surface area (Å²) < 4.78 is 12.9. The Morgan fingerprint density at radius 2 is 1.71 bits per heavy atom. The smallest absolute Gasteiger partial charge is 0.237 e. The SMILES string of the molecule is NC(C(=O)NCc1ccc(F)cc1)[C@H]1CC[C@H](C(=O)Nc2ccncc2)CC1. The van der Waals surface area contributed by atoms with Gasteiger partial charge in [-0.15, -0.1) is 0 Å². The lowest BCUT2D eigenvalue weighted by molar-refractivity contribution is -0.124. The fourth-order valence-corrected chi connectivity index (χ4v) is 3.54. The van der Waals surface area contributed by atoms with Crippen LogP contribution in [-0.4, -0.2) is 22.8 Å². The monoisotopic (exact) mass is 384 g/mol. The van der Waals surface area contributed by atoms with Crippen LogP contribution < -0.4 is 16.4 Å². The van der Waals surface area contributed by atoms with E-state index in [1.807, 2.05) is 0 Å². The summed E-state index contributed by atoms with van der Waals surface area (Å²) in [5.41, 5.74) is 7.70. The molecule has 1 aliphatic carbocycles. The summed E-state index contributed by atoms with van der Waals surface area (Å²) in [5, 5.41) is 5.72. The molecule has 0 radical (unpaired) electrons. The van der Waals surface area contributed by atoms with Crippen molar-refractivity contribution in [3.8, 4) is 0 Å². The van der Waals surface area contributed by atoms with Crippen LogP contribution in [0, 0.1) is 17.7 Å². The Balaban J connectivity index is 1.43. The van der Waals surface area contributed by atoms with Crippen LogP contribution in [0.3, 0.4) is 0 Å². The summed E-state index contributed by atoms with van der Waals surface area (Å²) in [7, 11) is 0. The highest BCUT2D eigenvalue weighted by Gasteiger charge is 2.32. The van der Waals surface area contributed by atoms with Gasteiger partial charge in [0, 0.05) is 30.5 Å². The third kappa shape index (κ3) is 5.36. The van der Waals surface area contributed by atoms with Crippen LogP contribution >= 0.6 is 0 Å². The molecular formula is C21H25FN4O2. The number of rotatable bonds is 6. The zero-order valence-corrected chi connectivity index (χ0v) is 15.6. The van der Waals surface area contributed by atoms with Crippen molar-refractivity contribution < 1.29 is 14.0 Å². The van der Waals surface area contributed by atoms with E-state index in [0.717, 1.165) is 24.1 Å². The summed E-state index contributed by atoms with van der Waals surface area (Å²) in [4.78, 5) is 28.7. The standard InChI is InChI=1S/C21H25FN4O2/c22-17-7-1-14(2-8-17)13-25-21(28)19(23)15-3-5-16(6-4-15)20(27)26-18-9-11-24-12-10-18/h1-2,7-12,15-16,19H,3-6,13,23H2,(H,25,28)(H,24,26,27)/t15-,16-,19?. The zero-order chi connectivity index (χ0) is 19.9. The predicted molar refractivity (Wildman–Crippen MR) is 105 cm³/mol. The highest BCUT2D eigenvalue weighted by Crippen LogP contribution is 2.31. The average Bonchev–Trinajstić information content (AvgIpc) is 2.73. The van der Waals surface area contributed by atoms with E-state index in [0.29, 0.717) is 19.4 Å². The van der Waals surface area contributed by atoms with E-state index in [-0.39, 0.29) is 29.5 Å².